The van der Waals surface area contributed by atoms with Crippen LogP contribution in [0.1, 0.15) is 32.4 Å². The van der Waals surface area contributed by atoms with Crippen molar-refractivity contribution in [1.29, 1.82) is 0 Å². The minimum absolute atomic E-state index is 0.203. The fraction of sp³-hybridized carbons (Fsp3) is 0.538. The minimum atomic E-state index is -0.297. The molecule has 0 heterocycles. The van der Waals surface area contributed by atoms with E-state index in [9.17, 15) is 5.11 Å². The Hall–Kier alpha value is -0.0300. The molecule has 96 valence electrons. The molecule has 0 spiro atoms. The van der Waals surface area contributed by atoms with E-state index < -0.39 is 0 Å². The van der Waals surface area contributed by atoms with E-state index in [0.29, 0.717) is 6.04 Å². The molecular weight excluding hydrogens is 298 g/mol. The van der Waals surface area contributed by atoms with Crippen LogP contribution in [0, 0.1) is 0 Å². The number of aliphatic hydroxyl groups excluding tert-OH is 1. The van der Waals surface area contributed by atoms with E-state index in [4.69, 9.17) is 0 Å². The highest BCUT2D eigenvalue weighted by atomic mass is 79.9. The summed E-state index contributed by atoms with van der Waals surface area (Å²) in [5.41, 5.74) is 1.25. The van der Waals surface area contributed by atoms with Gasteiger partial charge in [0.1, 0.15) is 0 Å². The molecule has 0 radical (unpaired) electrons. The summed E-state index contributed by atoms with van der Waals surface area (Å²) in [6.07, 6.45) is -0.297. The van der Waals surface area contributed by atoms with Gasteiger partial charge in [-0.25, -0.2) is 0 Å². The predicted octanol–water partition coefficient (Wildman–Crippen LogP) is 3.59. The zero-order valence-corrected chi connectivity index (χ0v) is 13.1. The van der Waals surface area contributed by atoms with Gasteiger partial charge in [-0.15, -0.1) is 11.8 Å². The first-order valence-corrected chi connectivity index (χ1v) is 7.44. The Morgan fingerprint density at radius 1 is 1.29 bits per heavy atom. The molecule has 0 bridgehead atoms. The Morgan fingerprint density at radius 2 is 1.94 bits per heavy atom. The molecule has 3 unspecified atom stereocenters. The molecule has 0 saturated carbocycles. The molecule has 1 aromatic carbocycles. The monoisotopic (exact) mass is 317 g/mol. The number of thioether (sulfide) groups is 1. The van der Waals surface area contributed by atoms with Gasteiger partial charge >= 0.3 is 0 Å². The summed E-state index contributed by atoms with van der Waals surface area (Å²) < 4.78 is 1.11. The maximum Gasteiger partial charge on any atom is 0.0631 e. The highest BCUT2D eigenvalue weighted by molar-refractivity contribution is 9.10. The highest BCUT2D eigenvalue weighted by Crippen LogP contribution is 2.31. The van der Waals surface area contributed by atoms with Crippen LogP contribution in [0.3, 0.4) is 0 Å². The lowest BCUT2D eigenvalue weighted by molar-refractivity contribution is 0.196. The third-order valence-corrected chi connectivity index (χ3v) is 4.85. The van der Waals surface area contributed by atoms with Gasteiger partial charge in [-0.3, -0.25) is 0 Å². The summed E-state index contributed by atoms with van der Waals surface area (Å²) in [5.74, 6) is 0. The average Bonchev–Trinajstić information content (AvgIpc) is 2.28. The first-order valence-electron chi connectivity index (χ1n) is 5.77. The summed E-state index contributed by atoms with van der Waals surface area (Å²) in [4.78, 5) is 1.18. The van der Waals surface area contributed by atoms with E-state index in [1.54, 1.807) is 11.8 Å². The average molecular weight is 318 g/mol. The van der Waals surface area contributed by atoms with Crippen LogP contribution in [0.25, 0.3) is 0 Å². The number of hydrogen-bond donors (Lipinski definition) is 2. The minimum Gasteiger partial charge on any atom is -0.392 e. The fourth-order valence-electron chi connectivity index (χ4n) is 1.40. The Balaban J connectivity index is 2.82. The van der Waals surface area contributed by atoms with Crippen LogP contribution in [0.4, 0.5) is 0 Å². The molecule has 0 amide bonds. The summed E-state index contributed by atoms with van der Waals surface area (Å²) in [6.45, 7) is 5.99. The lowest BCUT2D eigenvalue weighted by Gasteiger charge is -2.17. The highest BCUT2D eigenvalue weighted by Gasteiger charge is 2.12. The van der Waals surface area contributed by atoms with Crippen LogP contribution in [0.5, 0.6) is 0 Å². The number of aliphatic hydroxyl groups is 1. The van der Waals surface area contributed by atoms with Gasteiger partial charge in [0, 0.05) is 20.7 Å². The Morgan fingerprint density at radius 3 is 2.41 bits per heavy atom. The van der Waals surface area contributed by atoms with Crippen LogP contribution < -0.4 is 5.32 Å². The quantitative estimate of drug-likeness (QED) is 0.814. The molecule has 1 aromatic rings. The van der Waals surface area contributed by atoms with Crippen molar-refractivity contribution >= 4 is 27.7 Å². The Bertz CT molecular complexity index is 370. The van der Waals surface area contributed by atoms with Crippen LogP contribution >= 0.6 is 27.7 Å². The van der Waals surface area contributed by atoms with Gasteiger partial charge in [0.15, 0.2) is 0 Å². The summed E-state index contributed by atoms with van der Waals surface area (Å²) in [7, 11) is 1.95. The van der Waals surface area contributed by atoms with E-state index in [1.165, 1.54) is 10.5 Å². The lowest BCUT2D eigenvalue weighted by Crippen LogP contribution is -2.15. The molecule has 0 aliphatic carbocycles. The van der Waals surface area contributed by atoms with Gasteiger partial charge in [-0.1, -0.05) is 28.9 Å². The van der Waals surface area contributed by atoms with Crippen molar-refractivity contribution in [3.63, 3.8) is 0 Å². The first kappa shape index (κ1) is 15.0. The topological polar surface area (TPSA) is 32.3 Å². The van der Waals surface area contributed by atoms with E-state index in [1.807, 2.05) is 20.9 Å². The largest absolute Gasteiger partial charge is 0.392 e. The summed E-state index contributed by atoms with van der Waals surface area (Å²) >= 11 is 5.29. The van der Waals surface area contributed by atoms with Gasteiger partial charge in [0.2, 0.25) is 0 Å². The zero-order valence-electron chi connectivity index (χ0n) is 10.7. The number of benzene rings is 1. The predicted molar refractivity (Wildman–Crippen MR) is 78.6 cm³/mol. The van der Waals surface area contributed by atoms with Gasteiger partial charge in [0.05, 0.1) is 6.10 Å². The normalized spacial score (nSPS) is 16.6. The number of halogens is 1. The van der Waals surface area contributed by atoms with Gasteiger partial charge in [-0.05, 0) is 38.6 Å². The Kier molecular flexibility index (Phi) is 6.00. The van der Waals surface area contributed by atoms with Crippen LogP contribution in [-0.2, 0) is 0 Å². The van der Waals surface area contributed by atoms with Crippen molar-refractivity contribution in [1.82, 2.24) is 5.32 Å². The number of nitrogens with one attached hydrogen (secondary N) is 1. The van der Waals surface area contributed by atoms with Crippen LogP contribution in [-0.4, -0.2) is 23.5 Å². The van der Waals surface area contributed by atoms with Gasteiger partial charge in [-0.2, -0.15) is 0 Å². The molecule has 0 fully saturated rings. The van der Waals surface area contributed by atoms with E-state index in [0.717, 1.165) is 4.47 Å². The molecule has 3 atom stereocenters. The van der Waals surface area contributed by atoms with Crippen molar-refractivity contribution in [2.75, 3.05) is 7.05 Å². The first-order chi connectivity index (χ1) is 7.95. The van der Waals surface area contributed by atoms with Crippen molar-refractivity contribution in [2.24, 2.45) is 0 Å². The molecule has 2 N–H and O–H groups in total. The summed E-state index contributed by atoms with van der Waals surface area (Å²) in [5, 5.41) is 12.9. The van der Waals surface area contributed by atoms with Crippen LogP contribution in [0.15, 0.2) is 27.6 Å². The summed E-state index contributed by atoms with van der Waals surface area (Å²) in [6, 6.07) is 6.68. The third-order valence-electron chi connectivity index (χ3n) is 2.87. The van der Waals surface area contributed by atoms with Gasteiger partial charge < -0.3 is 10.4 Å². The second kappa shape index (κ2) is 6.78. The van der Waals surface area contributed by atoms with Crippen molar-refractivity contribution in [3.05, 3.63) is 28.2 Å². The lowest BCUT2D eigenvalue weighted by atomic mass is 10.1. The third kappa shape index (κ3) is 4.28. The van der Waals surface area contributed by atoms with Crippen molar-refractivity contribution < 1.29 is 5.11 Å². The molecule has 2 nitrogen and oxygen atoms in total. The molecule has 1 rings (SSSR count). The molecule has 0 aliphatic heterocycles. The molecule has 0 aliphatic rings. The molecule has 17 heavy (non-hydrogen) atoms. The Labute approximate surface area is 116 Å². The zero-order chi connectivity index (χ0) is 13.0. The second-order valence-electron chi connectivity index (χ2n) is 4.26. The van der Waals surface area contributed by atoms with Crippen molar-refractivity contribution in [3.8, 4) is 0 Å². The number of hydrogen-bond acceptors (Lipinski definition) is 3. The fourth-order valence-corrected chi connectivity index (χ4v) is 3.23. The van der Waals surface area contributed by atoms with Crippen molar-refractivity contribution in [2.45, 2.75) is 43.1 Å². The van der Waals surface area contributed by atoms with Crippen LogP contribution in [0.2, 0.25) is 0 Å². The smallest absolute Gasteiger partial charge is 0.0631 e. The second-order valence-corrected chi connectivity index (χ2v) is 6.56. The molecule has 0 saturated heterocycles. The molecular formula is C13H20BrNOS. The molecule has 4 heteroatoms. The van der Waals surface area contributed by atoms with E-state index >= 15 is 0 Å². The van der Waals surface area contributed by atoms with E-state index in [-0.39, 0.29) is 11.4 Å². The standard InChI is InChI=1S/C13H20BrNOS/c1-8(15-4)12-6-5-11(7-13(12)14)17-10(3)9(2)16/h5-10,15-16H,1-4H3. The number of rotatable bonds is 5. The SMILES string of the molecule is CNC(C)c1ccc(SC(C)C(C)O)cc1Br. The van der Waals surface area contributed by atoms with Gasteiger partial charge in [0.25, 0.3) is 0 Å². The maximum absolute atomic E-state index is 9.49. The molecule has 0 aromatic heterocycles. The maximum atomic E-state index is 9.49. The van der Waals surface area contributed by atoms with E-state index in [2.05, 4.69) is 46.4 Å².